The molecule has 0 radical (unpaired) electrons. The molecule has 4 heteroatoms. The average molecular weight is 290 g/mol. The van der Waals surface area contributed by atoms with Crippen LogP contribution in [0.1, 0.15) is 38.2 Å². The van der Waals surface area contributed by atoms with Gasteiger partial charge in [0, 0.05) is 25.6 Å². The van der Waals surface area contributed by atoms with Crippen LogP contribution in [0.3, 0.4) is 0 Å². The van der Waals surface area contributed by atoms with Gasteiger partial charge in [0.2, 0.25) is 5.91 Å². The van der Waals surface area contributed by atoms with E-state index >= 15 is 0 Å². The molecule has 0 unspecified atom stereocenters. The van der Waals surface area contributed by atoms with Crippen LogP contribution in [0.25, 0.3) is 0 Å². The van der Waals surface area contributed by atoms with Gasteiger partial charge in [0.05, 0.1) is 6.61 Å². The highest BCUT2D eigenvalue weighted by Crippen LogP contribution is 2.15. The lowest BCUT2D eigenvalue weighted by Crippen LogP contribution is -2.42. The van der Waals surface area contributed by atoms with Crippen LogP contribution in [0.5, 0.6) is 5.75 Å². The van der Waals surface area contributed by atoms with Crippen molar-refractivity contribution in [2.45, 2.75) is 45.1 Å². The first kappa shape index (κ1) is 15.8. The largest absolute Gasteiger partial charge is 0.494 e. The van der Waals surface area contributed by atoms with Gasteiger partial charge in [-0.2, -0.15) is 0 Å². The van der Waals surface area contributed by atoms with Gasteiger partial charge in [0.15, 0.2) is 0 Å². The van der Waals surface area contributed by atoms with Gasteiger partial charge in [-0.3, -0.25) is 4.79 Å². The van der Waals surface area contributed by atoms with E-state index in [0.29, 0.717) is 6.42 Å². The Labute approximate surface area is 127 Å². The molecule has 2 rings (SSSR count). The van der Waals surface area contributed by atoms with Gasteiger partial charge in [-0.25, -0.2) is 0 Å². The number of aryl methyl sites for hydroxylation is 1. The zero-order chi connectivity index (χ0) is 15.1. The minimum atomic E-state index is 0.244. The normalized spacial score (nSPS) is 16.0. The van der Waals surface area contributed by atoms with Crippen LogP contribution in [0.4, 0.5) is 0 Å². The third kappa shape index (κ3) is 5.05. The number of nitrogens with two attached hydrogens (primary N) is 1. The van der Waals surface area contributed by atoms with Gasteiger partial charge >= 0.3 is 0 Å². The summed E-state index contributed by atoms with van der Waals surface area (Å²) in [5.74, 6) is 1.14. The number of carbonyl (C=O) groups excluding carboxylic acids is 1. The standard InChI is InChI=1S/C17H26N2O2/c1-2-13-21-16-6-3-14(4-7-16)5-8-17(20)19-11-9-15(18)10-12-19/h3-4,6-7,15H,2,5,8-13,18H2,1H3. The number of rotatable bonds is 6. The van der Waals surface area contributed by atoms with Crippen molar-refractivity contribution in [3.8, 4) is 5.75 Å². The number of amides is 1. The maximum absolute atomic E-state index is 12.1. The van der Waals surface area contributed by atoms with Crippen molar-refractivity contribution in [2.24, 2.45) is 5.73 Å². The summed E-state index contributed by atoms with van der Waals surface area (Å²) in [7, 11) is 0. The Hall–Kier alpha value is -1.55. The lowest BCUT2D eigenvalue weighted by Gasteiger charge is -2.30. The van der Waals surface area contributed by atoms with Crippen molar-refractivity contribution in [1.29, 1.82) is 0 Å². The molecular formula is C17H26N2O2. The smallest absolute Gasteiger partial charge is 0.222 e. The highest BCUT2D eigenvalue weighted by atomic mass is 16.5. The van der Waals surface area contributed by atoms with Gasteiger partial charge < -0.3 is 15.4 Å². The Kier molecular flexibility index (Phi) is 6.05. The summed E-state index contributed by atoms with van der Waals surface area (Å²) in [6.45, 7) is 4.45. The molecule has 116 valence electrons. The van der Waals surface area contributed by atoms with Gasteiger partial charge in [-0.05, 0) is 43.4 Å². The van der Waals surface area contributed by atoms with Crippen molar-refractivity contribution in [2.75, 3.05) is 19.7 Å². The van der Waals surface area contributed by atoms with Crippen molar-refractivity contribution >= 4 is 5.91 Å². The van der Waals surface area contributed by atoms with E-state index in [9.17, 15) is 4.79 Å². The van der Waals surface area contributed by atoms with Crippen molar-refractivity contribution < 1.29 is 9.53 Å². The van der Waals surface area contributed by atoms with Crippen LogP contribution in [0.15, 0.2) is 24.3 Å². The summed E-state index contributed by atoms with van der Waals surface area (Å²) in [6.07, 6.45) is 4.22. The average Bonchev–Trinajstić information content (AvgIpc) is 2.52. The molecule has 4 nitrogen and oxygen atoms in total. The van der Waals surface area contributed by atoms with Gasteiger partial charge in [-0.1, -0.05) is 19.1 Å². The minimum absolute atomic E-state index is 0.244. The van der Waals surface area contributed by atoms with Crippen molar-refractivity contribution in [1.82, 2.24) is 4.90 Å². The molecule has 0 bridgehead atoms. The monoisotopic (exact) mass is 290 g/mol. The summed E-state index contributed by atoms with van der Waals surface area (Å²) < 4.78 is 5.55. The van der Waals surface area contributed by atoms with Crippen LogP contribution in [-0.4, -0.2) is 36.5 Å². The van der Waals surface area contributed by atoms with E-state index in [1.165, 1.54) is 5.56 Å². The topological polar surface area (TPSA) is 55.6 Å². The highest BCUT2D eigenvalue weighted by molar-refractivity contribution is 5.76. The highest BCUT2D eigenvalue weighted by Gasteiger charge is 2.19. The number of ether oxygens (including phenoxy) is 1. The van der Waals surface area contributed by atoms with E-state index in [1.54, 1.807) is 0 Å². The van der Waals surface area contributed by atoms with Crippen LogP contribution >= 0.6 is 0 Å². The number of nitrogens with zero attached hydrogens (tertiary/aromatic N) is 1. The Bertz CT molecular complexity index is 437. The first-order chi connectivity index (χ1) is 10.2. The molecule has 1 heterocycles. The SMILES string of the molecule is CCCOc1ccc(CCC(=O)N2CCC(N)CC2)cc1. The fraction of sp³-hybridized carbons (Fsp3) is 0.588. The van der Waals surface area contributed by atoms with E-state index < -0.39 is 0 Å². The first-order valence-electron chi connectivity index (χ1n) is 7.94. The summed E-state index contributed by atoms with van der Waals surface area (Å²) >= 11 is 0. The maximum Gasteiger partial charge on any atom is 0.222 e. The molecule has 1 aromatic rings. The van der Waals surface area contributed by atoms with Crippen LogP contribution < -0.4 is 10.5 Å². The van der Waals surface area contributed by atoms with E-state index in [-0.39, 0.29) is 11.9 Å². The van der Waals surface area contributed by atoms with E-state index in [2.05, 4.69) is 6.92 Å². The maximum atomic E-state index is 12.1. The quantitative estimate of drug-likeness (QED) is 0.875. The fourth-order valence-electron chi connectivity index (χ4n) is 2.53. The Balaban J connectivity index is 1.75. The molecule has 0 saturated carbocycles. The zero-order valence-corrected chi connectivity index (χ0v) is 12.9. The molecule has 1 fully saturated rings. The molecule has 1 saturated heterocycles. The summed E-state index contributed by atoms with van der Waals surface area (Å²) in [4.78, 5) is 14.1. The molecule has 1 aromatic carbocycles. The number of benzene rings is 1. The molecule has 1 aliphatic heterocycles. The second-order valence-electron chi connectivity index (χ2n) is 5.71. The van der Waals surface area contributed by atoms with Crippen LogP contribution in [-0.2, 0) is 11.2 Å². The van der Waals surface area contributed by atoms with E-state index in [1.807, 2.05) is 29.2 Å². The summed E-state index contributed by atoms with van der Waals surface area (Å²) in [6, 6.07) is 8.32. The third-order valence-corrected chi connectivity index (χ3v) is 3.92. The lowest BCUT2D eigenvalue weighted by molar-refractivity contribution is -0.132. The van der Waals surface area contributed by atoms with E-state index in [0.717, 1.165) is 51.1 Å². The molecule has 0 spiro atoms. The fourth-order valence-corrected chi connectivity index (χ4v) is 2.53. The molecule has 0 aromatic heterocycles. The Morgan fingerprint density at radius 3 is 2.57 bits per heavy atom. The van der Waals surface area contributed by atoms with Gasteiger partial charge in [-0.15, -0.1) is 0 Å². The number of carbonyl (C=O) groups is 1. The van der Waals surface area contributed by atoms with Crippen molar-refractivity contribution in [3.63, 3.8) is 0 Å². The summed E-state index contributed by atoms with van der Waals surface area (Å²) in [5, 5.41) is 0. The van der Waals surface area contributed by atoms with Gasteiger partial charge in [0.1, 0.15) is 5.75 Å². The van der Waals surface area contributed by atoms with Crippen LogP contribution in [0, 0.1) is 0 Å². The molecule has 2 N–H and O–H groups in total. The number of hydrogen-bond donors (Lipinski definition) is 1. The molecular weight excluding hydrogens is 264 g/mol. The van der Waals surface area contributed by atoms with Crippen LogP contribution in [0.2, 0.25) is 0 Å². The van der Waals surface area contributed by atoms with Crippen molar-refractivity contribution in [3.05, 3.63) is 29.8 Å². The molecule has 0 atom stereocenters. The molecule has 0 aliphatic carbocycles. The first-order valence-corrected chi connectivity index (χ1v) is 7.94. The van der Waals surface area contributed by atoms with E-state index in [4.69, 9.17) is 10.5 Å². The molecule has 1 aliphatic rings. The number of piperidine rings is 1. The second-order valence-corrected chi connectivity index (χ2v) is 5.71. The predicted octanol–water partition coefficient (Wildman–Crippen LogP) is 2.36. The number of likely N-dealkylation sites (tertiary alicyclic amines) is 1. The zero-order valence-electron chi connectivity index (χ0n) is 12.9. The van der Waals surface area contributed by atoms with Gasteiger partial charge in [0.25, 0.3) is 0 Å². The number of hydrogen-bond acceptors (Lipinski definition) is 3. The molecule has 21 heavy (non-hydrogen) atoms. The minimum Gasteiger partial charge on any atom is -0.494 e. The Morgan fingerprint density at radius 2 is 1.95 bits per heavy atom. The predicted molar refractivity (Wildman–Crippen MR) is 84.3 cm³/mol. The summed E-state index contributed by atoms with van der Waals surface area (Å²) in [5.41, 5.74) is 7.04. The Morgan fingerprint density at radius 1 is 1.29 bits per heavy atom. The molecule has 1 amide bonds. The lowest BCUT2D eigenvalue weighted by atomic mass is 10.0. The second kappa shape index (κ2) is 8.03. The third-order valence-electron chi connectivity index (χ3n) is 3.92.